The second kappa shape index (κ2) is 9.60. The number of aliphatic imine (C=N–C) groups is 1. The van der Waals surface area contributed by atoms with Crippen molar-refractivity contribution in [1.82, 2.24) is 10.3 Å². The van der Waals surface area contributed by atoms with Crippen LogP contribution in [-0.2, 0) is 11.3 Å². The predicted octanol–water partition coefficient (Wildman–Crippen LogP) is 3.12. The molecule has 1 atom stereocenters. The topological polar surface area (TPSA) is 140 Å². The molecule has 0 aliphatic heterocycles. The van der Waals surface area contributed by atoms with Gasteiger partial charge >= 0.3 is 0 Å². The Labute approximate surface area is 191 Å². The predicted molar refractivity (Wildman–Crippen MR) is 126 cm³/mol. The molecule has 8 heteroatoms. The molecule has 1 aromatic carbocycles. The first-order valence-corrected chi connectivity index (χ1v) is 10.8. The van der Waals surface area contributed by atoms with Crippen LogP contribution in [0.5, 0.6) is 0 Å². The van der Waals surface area contributed by atoms with E-state index in [2.05, 4.69) is 10.3 Å². The first kappa shape index (κ1) is 22.1. The second-order valence-corrected chi connectivity index (χ2v) is 8.20. The number of nitrogens with zero attached hydrogens (tertiary/aromatic N) is 1. The quantitative estimate of drug-likeness (QED) is 0.297. The lowest BCUT2D eigenvalue weighted by Crippen LogP contribution is -2.24. The third-order valence-electron chi connectivity index (χ3n) is 5.76. The molecule has 1 aliphatic rings. The number of nitrogens with one attached hydrogen (secondary N) is 2. The Balaban J connectivity index is 1.55. The van der Waals surface area contributed by atoms with Gasteiger partial charge in [0.1, 0.15) is 6.26 Å². The van der Waals surface area contributed by atoms with E-state index in [0.29, 0.717) is 29.4 Å². The molecule has 6 N–H and O–H groups in total. The first-order chi connectivity index (χ1) is 16.0. The van der Waals surface area contributed by atoms with Gasteiger partial charge in [0.25, 0.3) is 11.8 Å². The van der Waals surface area contributed by atoms with Crippen molar-refractivity contribution >= 4 is 17.5 Å². The van der Waals surface area contributed by atoms with Crippen LogP contribution in [0.15, 0.2) is 76.3 Å². The third-order valence-corrected chi connectivity index (χ3v) is 5.76. The Morgan fingerprint density at radius 1 is 1.27 bits per heavy atom. The van der Waals surface area contributed by atoms with Crippen LogP contribution in [0.25, 0.3) is 11.1 Å². The minimum absolute atomic E-state index is 0.0724. The molecule has 0 spiro atoms. The fourth-order valence-electron chi connectivity index (χ4n) is 3.69. The minimum atomic E-state index is -0.620. The molecule has 2 amide bonds. The van der Waals surface area contributed by atoms with Crippen LogP contribution in [0.4, 0.5) is 0 Å². The number of primary amides is 1. The van der Waals surface area contributed by atoms with Crippen LogP contribution in [0, 0.1) is 5.92 Å². The molecule has 2 aromatic heterocycles. The van der Waals surface area contributed by atoms with Crippen LogP contribution < -0.4 is 16.8 Å². The minimum Gasteiger partial charge on any atom is -0.472 e. The maximum atomic E-state index is 12.2. The number of hydrogen-bond donors (Lipinski definition) is 4. The summed E-state index contributed by atoms with van der Waals surface area (Å²) in [5.74, 6) is -0.294. The smallest absolute Gasteiger partial charge is 0.254 e. The summed E-state index contributed by atoms with van der Waals surface area (Å²) in [4.78, 5) is 32.1. The second-order valence-electron chi connectivity index (χ2n) is 8.20. The molecule has 4 rings (SSSR count). The van der Waals surface area contributed by atoms with E-state index in [4.69, 9.17) is 20.9 Å². The normalized spacial score (nSPS) is 15.3. The highest BCUT2D eigenvalue weighted by Gasteiger charge is 2.29. The zero-order valence-electron chi connectivity index (χ0n) is 18.4. The number of benzene rings is 1. The molecule has 1 fully saturated rings. The van der Waals surface area contributed by atoms with Gasteiger partial charge in [-0.25, -0.2) is 0 Å². The van der Waals surface area contributed by atoms with Crippen molar-refractivity contribution in [2.45, 2.75) is 32.4 Å². The molecule has 0 saturated heterocycles. The van der Waals surface area contributed by atoms with E-state index in [9.17, 15) is 9.59 Å². The number of carbonyl (C=O) groups is 2. The van der Waals surface area contributed by atoms with Gasteiger partial charge in [-0.05, 0) is 60.6 Å². The summed E-state index contributed by atoms with van der Waals surface area (Å²) in [5, 5.41) is 2.88. The van der Waals surface area contributed by atoms with Gasteiger partial charge in [0.2, 0.25) is 0 Å². The zero-order chi connectivity index (χ0) is 23.4. The van der Waals surface area contributed by atoms with Gasteiger partial charge in [-0.3, -0.25) is 14.6 Å². The Morgan fingerprint density at radius 3 is 2.76 bits per heavy atom. The molecule has 2 heterocycles. The maximum Gasteiger partial charge on any atom is 0.254 e. The number of H-pyrrole nitrogens is 1. The molecule has 3 aromatic rings. The van der Waals surface area contributed by atoms with Gasteiger partial charge in [-0.2, -0.15) is 0 Å². The van der Waals surface area contributed by atoms with E-state index in [0.717, 1.165) is 29.5 Å². The summed E-state index contributed by atoms with van der Waals surface area (Å²) in [7, 11) is 0. The van der Waals surface area contributed by atoms with Crippen LogP contribution in [-0.4, -0.2) is 28.6 Å². The summed E-state index contributed by atoms with van der Waals surface area (Å²) in [6, 6.07) is 11.5. The van der Waals surface area contributed by atoms with E-state index in [1.54, 1.807) is 6.07 Å². The molecule has 1 saturated carbocycles. The van der Waals surface area contributed by atoms with Gasteiger partial charge in [-0.15, -0.1) is 0 Å². The van der Waals surface area contributed by atoms with Gasteiger partial charge in [0.15, 0.2) is 0 Å². The molecule has 8 nitrogen and oxygen atoms in total. The Hall–Kier alpha value is -4.07. The van der Waals surface area contributed by atoms with Crippen molar-refractivity contribution in [3.05, 3.63) is 83.7 Å². The number of hydrogen-bond acceptors (Lipinski definition) is 5. The van der Waals surface area contributed by atoms with E-state index < -0.39 is 5.91 Å². The van der Waals surface area contributed by atoms with Crippen molar-refractivity contribution in [2.75, 3.05) is 0 Å². The fourth-order valence-corrected chi connectivity index (χ4v) is 3.69. The van der Waals surface area contributed by atoms with Crippen molar-refractivity contribution in [2.24, 2.45) is 22.4 Å². The Morgan fingerprint density at radius 2 is 2.09 bits per heavy atom. The van der Waals surface area contributed by atoms with Crippen LogP contribution in [0.1, 0.15) is 41.4 Å². The van der Waals surface area contributed by atoms with E-state index in [1.165, 1.54) is 18.7 Å². The average Bonchev–Trinajstić information content (AvgIpc) is 3.30. The summed E-state index contributed by atoms with van der Waals surface area (Å²) >= 11 is 0. The molecule has 0 unspecified atom stereocenters. The number of nitrogens with two attached hydrogens (primary N) is 2. The number of aromatic nitrogens is 1. The number of amides is 2. The molecular weight excluding hydrogens is 418 g/mol. The number of furan rings is 1. The molecule has 1 aliphatic carbocycles. The fraction of sp³-hybridized carbons (Fsp3) is 0.240. The first-order valence-electron chi connectivity index (χ1n) is 10.8. The highest BCUT2D eigenvalue weighted by Crippen LogP contribution is 2.34. The molecular formula is C25H27N5O3. The van der Waals surface area contributed by atoms with Crippen LogP contribution in [0.3, 0.4) is 0 Å². The van der Waals surface area contributed by atoms with Crippen molar-refractivity contribution in [3.63, 3.8) is 0 Å². The highest BCUT2D eigenvalue weighted by atomic mass is 16.3. The van der Waals surface area contributed by atoms with Gasteiger partial charge in [0, 0.05) is 18.9 Å². The lowest BCUT2D eigenvalue weighted by Gasteiger charge is -2.11. The summed E-state index contributed by atoms with van der Waals surface area (Å²) < 4.78 is 4.95. The van der Waals surface area contributed by atoms with Crippen molar-refractivity contribution < 1.29 is 14.0 Å². The van der Waals surface area contributed by atoms with Gasteiger partial charge in [-0.1, -0.05) is 18.2 Å². The van der Waals surface area contributed by atoms with Gasteiger partial charge < -0.3 is 26.2 Å². The number of rotatable bonds is 9. The molecule has 0 radical (unpaired) electrons. The van der Waals surface area contributed by atoms with E-state index in [1.807, 2.05) is 43.5 Å². The number of carbonyl (C=O) groups excluding carboxylic acids is 2. The monoisotopic (exact) mass is 445 g/mol. The summed E-state index contributed by atoms with van der Waals surface area (Å²) in [6.07, 6.45) is 8.21. The largest absolute Gasteiger partial charge is 0.472 e. The van der Waals surface area contributed by atoms with Crippen molar-refractivity contribution in [3.8, 4) is 11.1 Å². The zero-order valence-corrected chi connectivity index (χ0v) is 18.4. The Bertz CT molecular complexity index is 1200. The highest BCUT2D eigenvalue weighted by molar-refractivity contribution is 6.27. The SMILES string of the molecule is C[C@@H](N=C(C(=CN)C(N)=O)c1cc(-c2cccc(CNC(=O)c3ccoc3)c2)c[nH]1)C1CC1. The average molecular weight is 446 g/mol. The maximum absolute atomic E-state index is 12.2. The molecule has 0 bridgehead atoms. The van der Waals surface area contributed by atoms with E-state index >= 15 is 0 Å². The lowest BCUT2D eigenvalue weighted by atomic mass is 10.0. The molecule has 33 heavy (non-hydrogen) atoms. The van der Waals surface area contributed by atoms with Gasteiger partial charge in [0.05, 0.1) is 34.8 Å². The van der Waals surface area contributed by atoms with Crippen LogP contribution >= 0.6 is 0 Å². The number of aromatic amines is 1. The molecule has 170 valence electrons. The third kappa shape index (κ3) is 5.23. The summed E-state index contributed by atoms with van der Waals surface area (Å²) in [5.41, 5.74) is 15.9. The van der Waals surface area contributed by atoms with Crippen molar-refractivity contribution in [1.29, 1.82) is 0 Å². The van der Waals surface area contributed by atoms with E-state index in [-0.39, 0.29) is 17.5 Å². The van der Waals surface area contributed by atoms with Crippen LogP contribution in [0.2, 0.25) is 0 Å². The summed E-state index contributed by atoms with van der Waals surface area (Å²) in [6.45, 7) is 2.42. The standard InChI is InChI=1S/C25H27N5O3/c1-15(17-5-6-17)30-23(21(11-26)24(27)31)22-10-20(13-28-22)18-4-2-3-16(9-18)12-29-25(32)19-7-8-33-14-19/h2-4,7-11,13-15,17,28H,5-6,12,26H2,1H3,(H2,27,31)(H,29,32)/t15-/m1/s1. The lowest BCUT2D eigenvalue weighted by molar-refractivity contribution is -0.114. The Kier molecular flexibility index (Phi) is 6.44.